The summed E-state index contributed by atoms with van der Waals surface area (Å²) in [6, 6.07) is 7.30. The fourth-order valence-corrected chi connectivity index (χ4v) is 2.54. The molecular formula is C19H21F3N2. The van der Waals surface area contributed by atoms with Crippen LogP contribution in [0.1, 0.15) is 49.3 Å². The molecule has 0 aliphatic carbocycles. The Hall–Kier alpha value is -2.30. The fraction of sp³-hybridized carbons (Fsp3) is 0.316. The number of nitrogens with two attached hydrogens (primary N) is 1. The Morgan fingerprint density at radius 3 is 2.58 bits per heavy atom. The number of nitrogens with zero attached hydrogens (tertiary/aromatic N) is 1. The van der Waals surface area contributed by atoms with Gasteiger partial charge in [-0.25, -0.2) is 0 Å². The fourth-order valence-electron chi connectivity index (χ4n) is 2.54. The standard InChI is InChI=1S/C19H21F3N2/c1-2-3-4-5-8-18(14-7-6-9-24-13-14)15-10-16(19(20,21)22)12-17(23)11-15/h6-13H,2-5,23H2,1H3. The molecule has 0 spiro atoms. The quantitative estimate of drug-likeness (QED) is 0.544. The molecule has 0 aliphatic heterocycles. The number of pyridine rings is 1. The van der Waals surface area contributed by atoms with E-state index in [-0.39, 0.29) is 5.69 Å². The third-order valence-electron chi connectivity index (χ3n) is 3.72. The zero-order valence-electron chi connectivity index (χ0n) is 13.6. The highest BCUT2D eigenvalue weighted by atomic mass is 19.4. The van der Waals surface area contributed by atoms with E-state index in [0.717, 1.165) is 49.0 Å². The molecule has 0 aliphatic rings. The van der Waals surface area contributed by atoms with Gasteiger partial charge in [-0.1, -0.05) is 31.9 Å². The molecule has 0 atom stereocenters. The maximum Gasteiger partial charge on any atom is 0.416 e. The van der Waals surface area contributed by atoms with Crippen molar-refractivity contribution in [2.24, 2.45) is 0 Å². The summed E-state index contributed by atoms with van der Waals surface area (Å²) >= 11 is 0. The highest BCUT2D eigenvalue weighted by molar-refractivity contribution is 5.81. The minimum Gasteiger partial charge on any atom is -0.399 e. The van der Waals surface area contributed by atoms with Gasteiger partial charge in [-0.15, -0.1) is 0 Å². The molecule has 1 aromatic carbocycles. The Kier molecular flexibility index (Phi) is 6.01. The largest absolute Gasteiger partial charge is 0.416 e. The van der Waals surface area contributed by atoms with Gasteiger partial charge in [0.1, 0.15) is 0 Å². The lowest BCUT2D eigenvalue weighted by molar-refractivity contribution is -0.137. The monoisotopic (exact) mass is 334 g/mol. The molecule has 1 aromatic heterocycles. The van der Waals surface area contributed by atoms with Crippen molar-refractivity contribution in [2.75, 3.05) is 5.73 Å². The van der Waals surface area contributed by atoms with Gasteiger partial charge < -0.3 is 5.73 Å². The Labute approximate surface area is 140 Å². The molecule has 5 heteroatoms. The van der Waals surface area contributed by atoms with Crippen LogP contribution < -0.4 is 5.73 Å². The van der Waals surface area contributed by atoms with Gasteiger partial charge in [0.15, 0.2) is 0 Å². The Balaban J connectivity index is 2.46. The first kappa shape index (κ1) is 18.0. The number of alkyl halides is 3. The summed E-state index contributed by atoms with van der Waals surface area (Å²) in [6.45, 7) is 2.11. The summed E-state index contributed by atoms with van der Waals surface area (Å²) in [5.74, 6) is 0. The lowest BCUT2D eigenvalue weighted by Gasteiger charge is -2.13. The van der Waals surface area contributed by atoms with Crippen molar-refractivity contribution >= 4 is 11.3 Å². The van der Waals surface area contributed by atoms with E-state index in [2.05, 4.69) is 11.9 Å². The van der Waals surface area contributed by atoms with Crippen LogP contribution in [0, 0.1) is 0 Å². The van der Waals surface area contributed by atoms with Crippen LogP contribution in [0.2, 0.25) is 0 Å². The van der Waals surface area contributed by atoms with E-state index in [9.17, 15) is 13.2 Å². The van der Waals surface area contributed by atoms with Crippen molar-refractivity contribution < 1.29 is 13.2 Å². The highest BCUT2D eigenvalue weighted by Crippen LogP contribution is 2.34. The van der Waals surface area contributed by atoms with Crippen LogP contribution in [0.3, 0.4) is 0 Å². The zero-order valence-corrected chi connectivity index (χ0v) is 13.6. The Morgan fingerprint density at radius 1 is 1.17 bits per heavy atom. The third-order valence-corrected chi connectivity index (χ3v) is 3.72. The minimum atomic E-state index is -4.42. The first-order chi connectivity index (χ1) is 11.4. The van der Waals surface area contributed by atoms with Gasteiger partial charge in [0.2, 0.25) is 0 Å². The molecule has 1 heterocycles. The van der Waals surface area contributed by atoms with Crippen molar-refractivity contribution in [3.8, 4) is 0 Å². The number of rotatable bonds is 6. The average molecular weight is 334 g/mol. The van der Waals surface area contributed by atoms with Crippen LogP contribution >= 0.6 is 0 Å². The molecule has 0 unspecified atom stereocenters. The smallest absolute Gasteiger partial charge is 0.399 e. The molecule has 2 aromatic rings. The Bertz CT molecular complexity index is 692. The molecule has 24 heavy (non-hydrogen) atoms. The van der Waals surface area contributed by atoms with Gasteiger partial charge in [-0.05, 0) is 48.2 Å². The molecule has 2 N–H and O–H groups in total. The van der Waals surface area contributed by atoms with Gasteiger partial charge in [-0.3, -0.25) is 4.98 Å². The molecular weight excluding hydrogens is 313 g/mol. The predicted octanol–water partition coefficient (Wildman–Crippen LogP) is 5.69. The zero-order chi connectivity index (χ0) is 17.6. The molecule has 2 rings (SSSR count). The van der Waals surface area contributed by atoms with E-state index >= 15 is 0 Å². The molecule has 128 valence electrons. The summed E-state index contributed by atoms with van der Waals surface area (Å²) in [5.41, 5.74) is 7.05. The molecule has 0 bridgehead atoms. The van der Waals surface area contributed by atoms with Gasteiger partial charge in [0.25, 0.3) is 0 Å². The van der Waals surface area contributed by atoms with E-state index in [1.807, 2.05) is 12.1 Å². The lowest BCUT2D eigenvalue weighted by atomic mass is 9.95. The summed E-state index contributed by atoms with van der Waals surface area (Å²) in [5, 5.41) is 0. The maximum atomic E-state index is 13.1. The van der Waals surface area contributed by atoms with E-state index in [0.29, 0.717) is 5.56 Å². The normalized spacial score (nSPS) is 12.4. The number of benzene rings is 1. The van der Waals surface area contributed by atoms with Gasteiger partial charge in [0.05, 0.1) is 5.56 Å². The van der Waals surface area contributed by atoms with Crippen LogP contribution in [0.15, 0.2) is 48.8 Å². The summed E-state index contributed by atoms with van der Waals surface area (Å²) in [4.78, 5) is 4.07. The lowest BCUT2D eigenvalue weighted by Crippen LogP contribution is -2.07. The molecule has 0 saturated carbocycles. The number of hydrogen-bond donors (Lipinski definition) is 1. The second-order valence-electron chi connectivity index (χ2n) is 5.70. The van der Waals surface area contributed by atoms with E-state index in [1.54, 1.807) is 24.5 Å². The second-order valence-corrected chi connectivity index (χ2v) is 5.70. The van der Waals surface area contributed by atoms with Crippen LogP contribution in [-0.4, -0.2) is 4.98 Å². The summed E-state index contributed by atoms with van der Waals surface area (Å²) in [7, 11) is 0. The van der Waals surface area contributed by atoms with Crippen molar-refractivity contribution in [1.82, 2.24) is 4.98 Å². The summed E-state index contributed by atoms with van der Waals surface area (Å²) < 4.78 is 39.2. The highest BCUT2D eigenvalue weighted by Gasteiger charge is 2.31. The average Bonchev–Trinajstić information content (AvgIpc) is 2.54. The topological polar surface area (TPSA) is 38.9 Å². The van der Waals surface area contributed by atoms with Crippen molar-refractivity contribution in [3.63, 3.8) is 0 Å². The van der Waals surface area contributed by atoms with Gasteiger partial charge in [0, 0.05) is 23.6 Å². The Morgan fingerprint density at radius 2 is 1.96 bits per heavy atom. The third kappa shape index (κ3) is 4.85. The maximum absolute atomic E-state index is 13.1. The molecule has 2 nitrogen and oxygen atoms in total. The first-order valence-electron chi connectivity index (χ1n) is 8.00. The number of unbranched alkanes of at least 4 members (excludes halogenated alkanes) is 3. The van der Waals surface area contributed by atoms with Crippen molar-refractivity contribution in [1.29, 1.82) is 0 Å². The molecule has 0 saturated heterocycles. The number of hydrogen-bond acceptors (Lipinski definition) is 2. The van der Waals surface area contributed by atoms with Crippen molar-refractivity contribution in [2.45, 2.75) is 38.8 Å². The van der Waals surface area contributed by atoms with Crippen LogP contribution in [0.25, 0.3) is 5.57 Å². The van der Waals surface area contributed by atoms with Crippen LogP contribution in [0.5, 0.6) is 0 Å². The number of halogens is 3. The molecule has 0 amide bonds. The molecule has 0 radical (unpaired) electrons. The minimum absolute atomic E-state index is 0.100. The second kappa shape index (κ2) is 7.99. The predicted molar refractivity (Wildman–Crippen MR) is 91.3 cm³/mol. The van der Waals surface area contributed by atoms with Crippen molar-refractivity contribution in [3.05, 3.63) is 65.5 Å². The first-order valence-corrected chi connectivity index (χ1v) is 8.00. The van der Waals surface area contributed by atoms with E-state index in [1.165, 1.54) is 0 Å². The van der Waals surface area contributed by atoms with Crippen LogP contribution in [-0.2, 0) is 6.18 Å². The number of nitrogen functional groups attached to an aromatic ring is 1. The van der Waals surface area contributed by atoms with Crippen LogP contribution in [0.4, 0.5) is 18.9 Å². The van der Waals surface area contributed by atoms with Gasteiger partial charge in [-0.2, -0.15) is 13.2 Å². The number of anilines is 1. The number of allylic oxidation sites excluding steroid dienone is 1. The summed E-state index contributed by atoms with van der Waals surface area (Å²) in [6.07, 6.45) is 4.81. The van der Waals surface area contributed by atoms with E-state index in [4.69, 9.17) is 5.73 Å². The number of aromatic nitrogens is 1. The SMILES string of the molecule is CCCCCC=C(c1cccnc1)c1cc(N)cc(C(F)(F)F)c1. The molecule has 0 fully saturated rings. The van der Waals surface area contributed by atoms with Gasteiger partial charge >= 0.3 is 6.18 Å². The van der Waals surface area contributed by atoms with E-state index < -0.39 is 11.7 Å².